The molecule has 1 fully saturated rings. The number of anilines is 2. The molecule has 5 rings (SSSR count). The van der Waals surface area contributed by atoms with Gasteiger partial charge in [-0.2, -0.15) is 0 Å². The third-order valence-electron chi connectivity index (χ3n) is 6.74. The number of fused-ring (bicyclic) bond motifs is 1. The van der Waals surface area contributed by atoms with Crippen molar-refractivity contribution < 1.29 is 23.1 Å². The van der Waals surface area contributed by atoms with Gasteiger partial charge in [-0.25, -0.2) is 18.6 Å². The molecule has 0 atom stereocenters. The number of aromatic nitrogens is 3. The number of esters is 1. The molecule has 38 heavy (non-hydrogen) atoms. The van der Waals surface area contributed by atoms with Crippen LogP contribution >= 0.6 is 0 Å². The van der Waals surface area contributed by atoms with Gasteiger partial charge in [-0.3, -0.25) is 9.78 Å². The molecule has 3 aromatic heterocycles. The van der Waals surface area contributed by atoms with Crippen LogP contribution in [0.5, 0.6) is 0 Å². The molecule has 4 aromatic rings. The van der Waals surface area contributed by atoms with Crippen LogP contribution < -0.4 is 10.6 Å². The molecule has 1 amide bonds. The Labute approximate surface area is 218 Å². The second kappa shape index (κ2) is 11.0. The average molecular weight is 520 g/mol. The molecule has 3 heterocycles. The standard InChI is InChI=1S/C28H27F2N5O3/c1-38-28(37)25-24(34-27(36)18-5-4-6-18)23-14-22(32-15-17-11-19(29)13-20(30)12-17)16-33-26(23)35(25)10-8-21-7-2-3-9-31-21/h2-3,7,9,11-14,16,18,32H,4-6,8,10,15H2,1H3,(H,34,36). The highest BCUT2D eigenvalue weighted by molar-refractivity contribution is 6.11. The predicted octanol–water partition coefficient (Wildman–Crippen LogP) is 5.09. The molecule has 10 heteroatoms. The molecule has 196 valence electrons. The molecule has 0 radical (unpaired) electrons. The number of methoxy groups -OCH3 is 1. The quantitative estimate of drug-likeness (QED) is 0.299. The number of halogens is 2. The zero-order chi connectivity index (χ0) is 26.6. The van der Waals surface area contributed by atoms with Crippen molar-refractivity contribution in [2.75, 3.05) is 17.7 Å². The van der Waals surface area contributed by atoms with E-state index in [4.69, 9.17) is 4.74 Å². The number of hydrogen-bond donors (Lipinski definition) is 2. The number of ether oxygens (including phenoxy) is 1. The van der Waals surface area contributed by atoms with E-state index in [-0.39, 0.29) is 24.1 Å². The van der Waals surface area contributed by atoms with Crippen molar-refractivity contribution >= 4 is 34.3 Å². The van der Waals surface area contributed by atoms with E-state index < -0.39 is 17.6 Å². The van der Waals surface area contributed by atoms with Crippen molar-refractivity contribution in [3.63, 3.8) is 0 Å². The lowest BCUT2D eigenvalue weighted by Gasteiger charge is -2.24. The second-order valence-electron chi connectivity index (χ2n) is 9.28. The average Bonchev–Trinajstić information content (AvgIpc) is 3.17. The maximum Gasteiger partial charge on any atom is 0.356 e. The van der Waals surface area contributed by atoms with Crippen molar-refractivity contribution in [2.45, 2.75) is 38.8 Å². The predicted molar refractivity (Wildman–Crippen MR) is 139 cm³/mol. The zero-order valence-corrected chi connectivity index (χ0v) is 20.8. The summed E-state index contributed by atoms with van der Waals surface area (Å²) in [6, 6.07) is 10.7. The fraction of sp³-hybridized carbons (Fsp3) is 0.286. The van der Waals surface area contributed by atoms with E-state index in [1.807, 2.05) is 18.2 Å². The van der Waals surface area contributed by atoms with E-state index in [2.05, 4.69) is 20.6 Å². The number of aryl methyl sites for hydroxylation is 2. The summed E-state index contributed by atoms with van der Waals surface area (Å²) in [7, 11) is 1.29. The van der Waals surface area contributed by atoms with Crippen LogP contribution in [0.15, 0.2) is 54.9 Å². The highest BCUT2D eigenvalue weighted by Crippen LogP contribution is 2.35. The molecular formula is C28H27F2N5O3. The third kappa shape index (κ3) is 5.34. The monoisotopic (exact) mass is 519 g/mol. The lowest BCUT2D eigenvalue weighted by Crippen LogP contribution is -2.29. The minimum atomic E-state index is -0.663. The minimum absolute atomic E-state index is 0.107. The van der Waals surface area contributed by atoms with Gasteiger partial charge in [-0.1, -0.05) is 12.5 Å². The Morgan fingerprint density at radius 2 is 1.89 bits per heavy atom. The number of rotatable bonds is 9. The number of pyridine rings is 2. The van der Waals surface area contributed by atoms with Crippen molar-refractivity contribution in [2.24, 2.45) is 5.92 Å². The smallest absolute Gasteiger partial charge is 0.356 e. The zero-order valence-electron chi connectivity index (χ0n) is 20.8. The molecule has 1 aliphatic rings. The molecule has 1 saturated carbocycles. The van der Waals surface area contributed by atoms with E-state index in [0.29, 0.717) is 40.9 Å². The Bertz CT molecular complexity index is 1460. The van der Waals surface area contributed by atoms with Crippen LogP contribution in [0, 0.1) is 17.6 Å². The second-order valence-corrected chi connectivity index (χ2v) is 9.28. The number of nitrogens with one attached hydrogen (secondary N) is 2. The Morgan fingerprint density at radius 3 is 2.55 bits per heavy atom. The lowest BCUT2D eigenvalue weighted by molar-refractivity contribution is -0.122. The van der Waals surface area contributed by atoms with E-state index >= 15 is 0 Å². The summed E-state index contributed by atoms with van der Waals surface area (Å²) in [5, 5.41) is 6.63. The van der Waals surface area contributed by atoms with Crippen molar-refractivity contribution in [1.29, 1.82) is 0 Å². The van der Waals surface area contributed by atoms with Crippen LogP contribution in [-0.4, -0.2) is 33.5 Å². The van der Waals surface area contributed by atoms with Gasteiger partial charge in [0.2, 0.25) is 5.91 Å². The molecule has 0 unspecified atom stereocenters. The highest BCUT2D eigenvalue weighted by atomic mass is 19.1. The first kappa shape index (κ1) is 25.3. The van der Waals surface area contributed by atoms with Crippen LogP contribution in [0.1, 0.15) is 41.0 Å². The Balaban J connectivity index is 1.53. The number of nitrogens with zero attached hydrogens (tertiary/aromatic N) is 3. The van der Waals surface area contributed by atoms with Gasteiger partial charge < -0.3 is 19.9 Å². The number of hydrogen-bond acceptors (Lipinski definition) is 6. The van der Waals surface area contributed by atoms with Gasteiger partial charge >= 0.3 is 5.97 Å². The number of carbonyl (C=O) groups excluding carboxylic acids is 2. The largest absolute Gasteiger partial charge is 0.464 e. The van der Waals surface area contributed by atoms with Gasteiger partial charge in [0.05, 0.1) is 24.7 Å². The molecule has 2 N–H and O–H groups in total. The minimum Gasteiger partial charge on any atom is -0.464 e. The van der Waals surface area contributed by atoms with Crippen LogP contribution in [0.4, 0.5) is 20.2 Å². The van der Waals surface area contributed by atoms with E-state index in [0.717, 1.165) is 31.0 Å². The van der Waals surface area contributed by atoms with Crippen LogP contribution in [-0.2, 0) is 29.0 Å². The van der Waals surface area contributed by atoms with Gasteiger partial charge in [-0.05, 0) is 48.7 Å². The number of benzene rings is 1. The van der Waals surface area contributed by atoms with E-state index in [1.54, 1.807) is 23.0 Å². The summed E-state index contributed by atoms with van der Waals surface area (Å²) >= 11 is 0. The molecule has 8 nitrogen and oxygen atoms in total. The fourth-order valence-corrected chi connectivity index (χ4v) is 4.56. The molecule has 0 bridgehead atoms. The maximum absolute atomic E-state index is 13.6. The normalized spacial score (nSPS) is 13.2. The van der Waals surface area contributed by atoms with Crippen LogP contribution in [0.2, 0.25) is 0 Å². The SMILES string of the molecule is COC(=O)c1c(NC(=O)C2CCC2)c2cc(NCc3cc(F)cc(F)c3)cnc2n1CCc1ccccn1. The summed E-state index contributed by atoms with van der Waals surface area (Å²) in [5.74, 6) is -2.19. The summed E-state index contributed by atoms with van der Waals surface area (Å²) in [5.41, 5.74) is 2.84. The Morgan fingerprint density at radius 1 is 1.11 bits per heavy atom. The van der Waals surface area contributed by atoms with Crippen molar-refractivity contribution in [1.82, 2.24) is 14.5 Å². The van der Waals surface area contributed by atoms with Gasteiger partial charge in [0.25, 0.3) is 0 Å². The Hall–Kier alpha value is -4.34. The van der Waals surface area contributed by atoms with Gasteiger partial charge in [0, 0.05) is 48.8 Å². The first-order valence-electron chi connectivity index (χ1n) is 12.4. The molecule has 0 saturated heterocycles. The molecular weight excluding hydrogens is 492 g/mol. The topological polar surface area (TPSA) is 98.1 Å². The van der Waals surface area contributed by atoms with Gasteiger partial charge in [0.15, 0.2) is 5.69 Å². The lowest BCUT2D eigenvalue weighted by atomic mass is 9.85. The summed E-state index contributed by atoms with van der Waals surface area (Å²) in [6.45, 7) is 0.523. The highest BCUT2D eigenvalue weighted by Gasteiger charge is 2.30. The summed E-state index contributed by atoms with van der Waals surface area (Å²) in [4.78, 5) is 34.9. The first-order chi connectivity index (χ1) is 18.4. The number of amides is 1. The summed E-state index contributed by atoms with van der Waals surface area (Å²) < 4.78 is 34.1. The molecule has 0 spiro atoms. The Kier molecular flexibility index (Phi) is 7.30. The van der Waals surface area contributed by atoms with Gasteiger partial charge in [0.1, 0.15) is 17.3 Å². The van der Waals surface area contributed by atoms with Crippen LogP contribution in [0.25, 0.3) is 11.0 Å². The maximum atomic E-state index is 13.6. The van der Waals surface area contributed by atoms with Crippen molar-refractivity contribution in [3.05, 3.63) is 83.4 Å². The van der Waals surface area contributed by atoms with Crippen molar-refractivity contribution in [3.8, 4) is 0 Å². The summed E-state index contributed by atoms with van der Waals surface area (Å²) in [6.07, 6.45) is 6.39. The first-order valence-corrected chi connectivity index (χ1v) is 12.4. The molecule has 0 aliphatic heterocycles. The number of carbonyl (C=O) groups is 2. The van der Waals surface area contributed by atoms with Gasteiger partial charge in [-0.15, -0.1) is 0 Å². The molecule has 1 aliphatic carbocycles. The van der Waals surface area contributed by atoms with Crippen LogP contribution in [0.3, 0.4) is 0 Å². The fourth-order valence-electron chi connectivity index (χ4n) is 4.56. The molecule has 1 aromatic carbocycles. The van der Waals surface area contributed by atoms with E-state index in [9.17, 15) is 18.4 Å². The third-order valence-corrected chi connectivity index (χ3v) is 6.74. The van der Waals surface area contributed by atoms with E-state index in [1.165, 1.54) is 19.2 Å².